The number of carbonyl (C=O) groups is 1. The van der Waals surface area contributed by atoms with Crippen molar-refractivity contribution in [2.75, 3.05) is 31.6 Å². The lowest BCUT2D eigenvalue weighted by molar-refractivity contribution is -0.152. The molecule has 4 heteroatoms. The van der Waals surface area contributed by atoms with Gasteiger partial charge in [0.25, 0.3) is 5.91 Å². The van der Waals surface area contributed by atoms with Gasteiger partial charge in [0.2, 0.25) is 0 Å². The summed E-state index contributed by atoms with van der Waals surface area (Å²) in [6.45, 7) is 5.63. The molecule has 2 aliphatic heterocycles. The van der Waals surface area contributed by atoms with Crippen molar-refractivity contribution >= 4 is 11.6 Å². The lowest BCUT2D eigenvalue weighted by Gasteiger charge is -2.42. The third-order valence-corrected chi connectivity index (χ3v) is 4.43. The predicted octanol–water partition coefficient (Wildman–Crippen LogP) is 1.38. The highest BCUT2D eigenvalue weighted by molar-refractivity contribution is 5.85. The Morgan fingerprint density at radius 1 is 1.35 bits per heavy atom. The van der Waals surface area contributed by atoms with Crippen molar-refractivity contribution in [1.82, 2.24) is 4.90 Å². The number of amides is 1. The topological polar surface area (TPSA) is 43.8 Å². The molecule has 1 aromatic rings. The predicted molar refractivity (Wildman–Crippen MR) is 79.0 cm³/mol. The summed E-state index contributed by atoms with van der Waals surface area (Å²) in [6.07, 6.45) is 1.10. The van der Waals surface area contributed by atoms with Crippen molar-refractivity contribution in [2.24, 2.45) is 0 Å². The number of hydrogen-bond donors (Lipinski definition) is 1. The van der Waals surface area contributed by atoms with Gasteiger partial charge in [-0.3, -0.25) is 4.79 Å². The molecule has 2 heterocycles. The fourth-order valence-corrected chi connectivity index (χ4v) is 3.23. The van der Waals surface area contributed by atoms with Gasteiger partial charge in [0.05, 0.1) is 0 Å². The molecule has 20 heavy (non-hydrogen) atoms. The van der Waals surface area contributed by atoms with Crippen molar-refractivity contribution in [1.29, 1.82) is 0 Å². The highest BCUT2D eigenvalue weighted by Gasteiger charge is 2.39. The quantitative estimate of drug-likeness (QED) is 0.886. The molecule has 0 saturated carbocycles. The molecule has 0 spiro atoms. The number of likely N-dealkylation sites (tertiary alicyclic amines) is 1. The Balaban J connectivity index is 1.74. The average Bonchev–Trinajstić information content (AvgIpc) is 2.69. The molecule has 1 N–H and O–H groups in total. The number of rotatable bonds is 2. The number of benzene rings is 1. The number of fused-ring (bicyclic) bond motifs is 1. The third kappa shape index (κ3) is 2.08. The van der Waals surface area contributed by atoms with Gasteiger partial charge in [0, 0.05) is 38.3 Å². The van der Waals surface area contributed by atoms with Crippen molar-refractivity contribution in [3.05, 3.63) is 29.3 Å². The maximum atomic E-state index is 12.0. The zero-order chi connectivity index (χ0) is 14.5. The van der Waals surface area contributed by atoms with Gasteiger partial charge in [0.1, 0.15) is 5.60 Å². The van der Waals surface area contributed by atoms with E-state index < -0.39 is 5.60 Å². The van der Waals surface area contributed by atoms with E-state index in [1.54, 1.807) is 18.7 Å². The molecule has 2 aliphatic rings. The highest BCUT2D eigenvalue weighted by Crippen LogP contribution is 2.37. The summed E-state index contributed by atoms with van der Waals surface area (Å²) in [4.78, 5) is 16.0. The van der Waals surface area contributed by atoms with Gasteiger partial charge < -0.3 is 14.9 Å². The summed E-state index contributed by atoms with van der Waals surface area (Å²) in [5.41, 5.74) is 2.89. The first-order valence-corrected chi connectivity index (χ1v) is 7.22. The van der Waals surface area contributed by atoms with E-state index in [4.69, 9.17) is 0 Å². The van der Waals surface area contributed by atoms with Gasteiger partial charge in [0.15, 0.2) is 0 Å². The van der Waals surface area contributed by atoms with E-state index in [0.717, 1.165) is 26.1 Å². The smallest absolute Gasteiger partial charge is 0.253 e. The molecule has 1 saturated heterocycles. The molecular weight excluding hydrogens is 252 g/mol. The number of carbonyl (C=O) groups excluding carboxylic acids is 1. The molecule has 108 valence electrons. The fourth-order valence-electron chi connectivity index (χ4n) is 3.23. The summed E-state index contributed by atoms with van der Waals surface area (Å²) in [5.74, 6) is 0.251. The van der Waals surface area contributed by atoms with Gasteiger partial charge in [-0.15, -0.1) is 0 Å². The standard InChI is InChI=1S/C16H22N2O2/c1-16(2,20)15(19)18-9-11(10-18)12-5-4-6-14-13(12)7-8-17(14)3/h4-6,11,20H,7-10H2,1-3H3. The van der Waals surface area contributed by atoms with Crippen LogP contribution in [0.25, 0.3) is 0 Å². The summed E-state index contributed by atoms with van der Waals surface area (Å²) in [6, 6.07) is 6.47. The first-order chi connectivity index (χ1) is 9.38. The van der Waals surface area contributed by atoms with Gasteiger partial charge >= 0.3 is 0 Å². The summed E-state index contributed by atoms with van der Waals surface area (Å²) >= 11 is 0. The molecule has 4 nitrogen and oxygen atoms in total. The van der Waals surface area contributed by atoms with Crippen LogP contribution < -0.4 is 4.90 Å². The van der Waals surface area contributed by atoms with Crippen LogP contribution in [0.4, 0.5) is 5.69 Å². The molecule has 1 fully saturated rings. The van der Waals surface area contributed by atoms with Gasteiger partial charge in [-0.05, 0) is 37.5 Å². The number of hydrogen-bond acceptors (Lipinski definition) is 3. The molecule has 0 unspecified atom stereocenters. The van der Waals surface area contributed by atoms with Crippen LogP contribution in [-0.4, -0.2) is 48.2 Å². The van der Waals surface area contributed by atoms with Crippen molar-refractivity contribution in [3.8, 4) is 0 Å². The molecular formula is C16H22N2O2. The second kappa shape index (κ2) is 4.48. The van der Waals surface area contributed by atoms with E-state index in [0.29, 0.717) is 5.92 Å². The van der Waals surface area contributed by atoms with Crippen LogP contribution in [0.3, 0.4) is 0 Å². The van der Waals surface area contributed by atoms with Gasteiger partial charge in [-0.1, -0.05) is 12.1 Å². The first-order valence-electron chi connectivity index (χ1n) is 7.22. The largest absolute Gasteiger partial charge is 0.381 e. The molecule has 1 amide bonds. The Bertz CT molecular complexity index is 542. The minimum absolute atomic E-state index is 0.168. The van der Waals surface area contributed by atoms with Gasteiger partial charge in [-0.2, -0.15) is 0 Å². The molecule has 0 aromatic heterocycles. The molecule has 0 bridgehead atoms. The summed E-state index contributed by atoms with van der Waals surface area (Å²) in [5, 5.41) is 9.77. The zero-order valence-corrected chi connectivity index (χ0v) is 12.4. The molecule has 0 radical (unpaired) electrons. The Kier molecular flexibility index (Phi) is 3.01. The molecule has 0 atom stereocenters. The Morgan fingerprint density at radius 3 is 2.70 bits per heavy atom. The van der Waals surface area contributed by atoms with E-state index >= 15 is 0 Å². The van der Waals surface area contributed by atoms with Crippen molar-refractivity contribution in [2.45, 2.75) is 31.8 Å². The van der Waals surface area contributed by atoms with Crippen molar-refractivity contribution < 1.29 is 9.90 Å². The van der Waals surface area contributed by atoms with E-state index in [2.05, 4.69) is 30.1 Å². The third-order valence-electron chi connectivity index (χ3n) is 4.43. The van der Waals surface area contributed by atoms with Crippen molar-refractivity contribution in [3.63, 3.8) is 0 Å². The van der Waals surface area contributed by atoms with Crippen LogP contribution in [0.2, 0.25) is 0 Å². The second-order valence-electron chi connectivity index (χ2n) is 6.48. The number of aliphatic hydroxyl groups is 1. The molecule has 1 aromatic carbocycles. The number of anilines is 1. The zero-order valence-electron chi connectivity index (χ0n) is 12.4. The lowest BCUT2D eigenvalue weighted by atomic mass is 9.86. The maximum Gasteiger partial charge on any atom is 0.253 e. The highest BCUT2D eigenvalue weighted by atomic mass is 16.3. The van der Waals surface area contributed by atoms with Crippen LogP contribution in [0.15, 0.2) is 18.2 Å². The van der Waals surface area contributed by atoms with Crippen LogP contribution in [0.1, 0.15) is 30.9 Å². The number of nitrogens with zero attached hydrogens (tertiary/aromatic N) is 2. The van der Waals surface area contributed by atoms with Crippen LogP contribution in [0, 0.1) is 0 Å². The van der Waals surface area contributed by atoms with Crippen LogP contribution >= 0.6 is 0 Å². The Morgan fingerprint density at radius 2 is 2.05 bits per heavy atom. The summed E-state index contributed by atoms with van der Waals surface area (Å²) < 4.78 is 0. The Labute approximate surface area is 120 Å². The lowest BCUT2D eigenvalue weighted by Crippen LogP contribution is -2.55. The monoisotopic (exact) mass is 274 g/mol. The average molecular weight is 274 g/mol. The van der Waals surface area contributed by atoms with E-state index in [9.17, 15) is 9.90 Å². The SMILES string of the molecule is CN1CCc2c(C3CN(C(=O)C(C)(C)O)C3)cccc21. The normalized spacial score (nSPS) is 19.0. The fraction of sp³-hybridized carbons (Fsp3) is 0.562. The van der Waals surface area contributed by atoms with E-state index in [1.807, 2.05) is 0 Å². The minimum Gasteiger partial charge on any atom is -0.381 e. The molecule has 3 rings (SSSR count). The van der Waals surface area contributed by atoms with Crippen LogP contribution in [-0.2, 0) is 11.2 Å². The molecule has 0 aliphatic carbocycles. The van der Waals surface area contributed by atoms with E-state index in [-0.39, 0.29) is 5.91 Å². The maximum absolute atomic E-state index is 12.0. The van der Waals surface area contributed by atoms with E-state index in [1.165, 1.54) is 16.8 Å². The Hall–Kier alpha value is -1.55. The van der Waals surface area contributed by atoms with Crippen LogP contribution in [0.5, 0.6) is 0 Å². The number of likely N-dealkylation sites (N-methyl/N-ethyl adjacent to an activating group) is 1. The second-order valence-corrected chi connectivity index (χ2v) is 6.48. The minimum atomic E-state index is -1.26. The first kappa shape index (κ1) is 13.4. The van der Waals surface area contributed by atoms with Gasteiger partial charge in [-0.25, -0.2) is 0 Å². The summed E-state index contributed by atoms with van der Waals surface area (Å²) in [7, 11) is 2.13.